The van der Waals surface area contributed by atoms with Crippen LogP contribution in [0, 0.1) is 5.82 Å². The lowest BCUT2D eigenvalue weighted by Crippen LogP contribution is -2.61. The maximum atomic E-state index is 13.7. The van der Waals surface area contributed by atoms with E-state index < -0.39 is 17.5 Å². The van der Waals surface area contributed by atoms with Crippen molar-refractivity contribution >= 4 is 17.5 Å². The average Bonchev–Trinajstić information content (AvgIpc) is 3.23. The Morgan fingerprint density at radius 1 is 1.21 bits per heavy atom. The molecule has 1 aromatic heterocycles. The van der Waals surface area contributed by atoms with Gasteiger partial charge in [0.05, 0.1) is 24.4 Å². The Hall–Kier alpha value is -2.42. The van der Waals surface area contributed by atoms with Gasteiger partial charge in [0.1, 0.15) is 17.3 Å². The van der Waals surface area contributed by atoms with Gasteiger partial charge in [0.25, 0.3) is 5.91 Å². The number of ether oxygens (including phenoxy) is 3. The van der Waals surface area contributed by atoms with Crippen LogP contribution in [0.2, 0.25) is 5.02 Å². The second-order valence-electron chi connectivity index (χ2n) is 9.09. The van der Waals surface area contributed by atoms with E-state index in [1.807, 2.05) is 6.07 Å². The highest BCUT2D eigenvalue weighted by Crippen LogP contribution is 2.30. The molecule has 5 rings (SSSR count). The molecule has 1 unspecified atom stereocenters. The average molecular weight is 476 g/mol. The molecule has 7 nitrogen and oxygen atoms in total. The topological polar surface area (TPSA) is 81.7 Å². The van der Waals surface area contributed by atoms with Crippen molar-refractivity contribution in [2.45, 2.75) is 55.9 Å². The SMILES string of the molecule is O=C(NC1CCC(NCC2(Oc3ccc(Cl)c(F)c3)COC2)CC1)C1Cc2ccncc2O1. The first-order valence-corrected chi connectivity index (χ1v) is 11.7. The number of hydrogen-bond donors (Lipinski definition) is 2. The molecule has 0 radical (unpaired) electrons. The molecule has 1 amide bonds. The molecule has 3 heterocycles. The number of benzene rings is 1. The van der Waals surface area contributed by atoms with Crippen LogP contribution in [0.4, 0.5) is 4.39 Å². The van der Waals surface area contributed by atoms with Gasteiger partial charge in [0.15, 0.2) is 11.7 Å². The first-order chi connectivity index (χ1) is 16.0. The van der Waals surface area contributed by atoms with Gasteiger partial charge in [-0.2, -0.15) is 0 Å². The third kappa shape index (κ3) is 5.08. The van der Waals surface area contributed by atoms with E-state index in [0.29, 0.717) is 43.7 Å². The zero-order valence-corrected chi connectivity index (χ0v) is 18.9. The second-order valence-corrected chi connectivity index (χ2v) is 9.49. The monoisotopic (exact) mass is 475 g/mol. The molecule has 1 saturated heterocycles. The van der Waals surface area contributed by atoms with Crippen LogP contribution in [0.15, 0.2) is 36.7 Å². The maximum Gasteiger partial charge on any atom is 0.261 e. The fourth-order valence-corrected chi connectivity index (χ4v) is 4.73. The van der Waals surface area contributed by atoms with Crippen LogP contribution in [0.5, 0.6) is 11.5 Å². The zero-order chi connectivity index (χ0) is 22.8. The molecule has 1 aliphatic carbocycles. The number of fused-ring (bicyclic) bond motifs is 1. The normalized spacial score (nSPS) is 25.5. The van der Waals surface area contributed by atoms with E-state index in [1.54, 1.807) is 18.5 Å². The molecule has 1 atom stereocenters. The first-order valence-electron chi connectivity index (χ1n) is 11.3. The highest BCUT2D eigenvalue weighted by molar-refractivity contribution is 6.30. The van der Waals surface area contributed by atoms with Gasteiger partial charge in [-0.1, -0.05) is 11.6 Å². The summed E-state index contributed by atoms with van der Waals surface area (Å²) in [4.78, 5) is 16.7. The van der Waals surface area contributed by atoms with Crippen molar-refractivity contribution < 1.29 is 23.4 Å². The Morgan fingerprint density at radius 3 is 2.70 bits per heavy atom. The van der Waals surface area contributed by atoms with E-state index >= 15 is 0 Å². The summed E-state index contributed by atoms with van der Waals surface area (Å²) >= 11 is 5.76. The van der Waals surface area contributed by atoms with E-state index in [-0.39, 0.29) is 17.0 Å². The van der Waals surface area contributed by atoms with Crippen LogP contribution in [-0.4, -0.2) is 54.4 Å². The Bertz CT molecular complexity index is 986. The number of rotatable bonds is 7. The molecular formula is C24H27ClFN3O4. The summed E-state index contributed by atoms with van der Waals surface area (Å²) in [6.45, 7) is 1.52. The summed E-state index contributed by atoms with van der Waals surface area (Å²) in [5, 5.41) is 6.81. The summed E-state index contributed by atoms with van der Waals surface area (Å²) in [5.74, 6) is 0.585. The molecule has 3 aliphatic rings. The van der Waals surface area contributed by atoms with Crippen molar-refractivity contribution in [2.24, 2.45) is 0 Å². The van der Waals surface area contributed by atoms with Crippen molar-refractivity contribution in [2.75, 3.05) is 19.8 Å². The van der Waals surface area contributed by atoms with Crippen molar-refractivity contribution in [3.05, 3.63) is 53.1 Å². The van der Waals surface area contributed by atoms with Crippen molar-refractivity contribution in [3.63, 3.8) is 0 Å². The van der Waals surface area contributed by atoms with Crippen molar-refractivity contribution in [1.82, 2.24) is 15.6 Å². The standard InChI is InChI=1S/C24H27ClFN3O4/c25-19-6-5-18(10-20(19)26)33-24(13-31-14-24)12-28-16-1-3-17(4-2-16)29-23(30)21-9-15-7-8-27-11-22(15)32-21/h5-8,10-11,16-17,21,28H,1-4,9,12-14H2,(H,29,30). The van der Waals surface area contributed by atoms with Crippen LogP contribution in [-0.2, 0) is 16.0 Å². The van der Waals surface area contributed by atoms with Crippen LogP contribution in [0.25, 0.3) is 0 Å². The molecule has 2 aromatic rings. The number of hydrogen-bond acceptors (Lipinski definition) is 6. The minimum absolute atomic E-state index is 0.0585. The maximum absolute atomic E-state index is 13.7. The molecule has 176 valence electrons. The molecule has 2 fully saturated rings. The number of amides is 1. The van der Waals surface area contributed by atoms with Crippen LogP contribution in [0.3, 0.4) is 0 Å². The summed E-state index contributed by atoms with van der Waals surface area (Å²) < 4.78 is 30.9. The van der Waals surface area contributed by atoms with Crippen LogP contribution >= 0.6 is 11.6 Å². The van der Waals surface area contributed by atoms with Crippen LogP contribution < -0.4 is 20.1 Å². The number of carbonyl (C=O) groups excluding carboxylic acids is 1. The number of halogens is 2. The van der Waals surface area contributed by atoms with Gasteiger partial charge in [0, 0.05) is 42.9 Å². The minimum atomic E-state index is -0.505. The van der Waals surface area contributed by atoms with E-state index in [1.165, 1.54) is 12.1 Å². The van der Waals surface area contributed by atoms with Gasteiger partial charge in [-0.25, -0.2) is 4.39 Å². The van der Waals surface area contributed by atoms with Crippen molar-refractivity contribution in [1.29, 1.82) is 0 Å². The van der Waals surface area contributed by atoms with Gasteiger partial charge in [-0.3, -0.25) is 9.78 Å². The van der Waals surface area contributed by atoms with E-state index in [9.17, 15) is 9.18 Å². The Labute approximate surface area is 197 Å². The Balaban J connectivity index is 1.06. The number of pyridine rings is 1. The molecule has 2 N–H and O–H groups in total. The predicted octanol–water partition coefficient (Wildman–Crippen LogP) is 3.04. The van der Waals surface area contributed by atoms with E-state index in [2.05, 4.69) is 15.6 Å². The molecule has 33 heavy (non-hydrogen) atoms. The molecule has 1 saturated carbocycles. The molecular weight excluding hydrogens is 449 g/mol. The Kier molecular flexibility index (Phi) is 6.40. The highest BCUT2D eigenvalue weighted by atomic mass is 35.5. The first kappa shape index (κ1) is 22.4. The number of nitrogens with one attached hydrogen (secondary N) is 2. The zero-order valence-electron chi connectivity index (χ0n) is 18.2. The van der Waals surface area contributed by atoms with Gasteiger partial charge in [-0.05, 0) is 43.9 Å². The van der Waals surface area contributed by atoms with Crippen molar-refractivity contribution in [3.8, 4) is 11.5 Å². The number of nitrogens with zero attached hydrogens (tertiary/aromatic N) is 1. The Morgan fingerprint density at radius 2 is 2.00 bits per heavy atom. The molecule has 1 aromatic carbocycles. The lowest BCUT2D eigenvalue weighted by molar-refractivity contribution is -0.159. The highest BCUT2D eigenvalue weighted by Gasteiger charge is 2.42. The lowest BCUT2D eigenvalue weighted by Gasteiger charge is -2.43. The fraction of sp³-hybridized carbons (Fsp3) is 0.500. The van der Waals surface area contributed by atoms with Gasteiger partial charge >= 0.3 is 0 Å². The van der Waals surface area contributed by atoms with Gasteiger partial charge < -0.3 is 24.8 Å². The molecule has 0 bridgehead atoms. The van der Waals surface area contributed by atoms with E-state index in [4.69, 9.17) is 25.8 Å². The van der Waals surface area contributed by atoms with Gasteiger partial charge in [0.2, 0.25) is 0 Å². The van der Waals surface area contributed by atoms with E-state index in [0.717, 1.165) is 31.2 Å². The summed E-state index contributed by atoms with van der Waals surface area (Å²) in [5.41, 5.74) is 0.519. The smallest absolute Gasteiger partial charge is 0.261 e. The summed E-state index contributed by atoms with van der Waals surface area (Å²) in [7, 11) is 0. The second kappa shape index (κ2) is 9.44. The minimum Gasteiger partial charge on any atom is -0.481 e. The van der Waals surface area contributed by atoms with Crippen LogP contribution in [0.1, 0.15) is 31.2 Å². The largest absolute Gasteiger partial charge is 0.481 e. The summed E-state index contributed by atoms with van der Waals surface area (Å²) in [6.07, 6.45) is 7.19. The van der Waals surface area contributed by atoms with Gasteiger partial charge in [-0.15, -0.1) is 0 Å². The molecule has 2 aliphatic heterocycles. The molecule has 0 spiro atoms. The predicted molar refractivity (Wildman–Crippen MR) is 120 cm³/mol. The third-order valence-corrected chi connectivity index (χ3v) is 6.89. The third-order valence-electron chi connectivity index (χ3n) is 6.58. The fourth-order valence-electron chi connectivity index (χ4n) is 4.61. The molecule has 9 heteroatoms. The number of aromatic nitrogens is 1. The summed E-state index contributed by atoms with van der Waals surface area (Å²) in [6, 6.07) is 6.85. The number of carbonyl (C=O) groups is 1. The quantitative estimate of drug-likeness (QED) is 0.640. The lowest BCUT2D eigenvalue weighted by atomic mass is 9.90.